The predicted molar refractivity (Wildman–Crippen MR) is 221 cm³/mol. The van der Waals surface area contributed by atoms with Crippen molar-refractivity contribution in [2.45, 2.75) is 5.41 Å². The molecule has 1 unspecified atom stereocenters. The molecule has 260 valence electrons. The Balaban J connectivity index is 1.21. The van der Waals surface area contributed by atoms with Gasteiger partial charge in [0.25, 0.3) is 0 Å². The maximum absolute atomic E-state index is 9.52. The summed E-state index contributed by atoms with van der Waals surface area (Å²) >= 11 is 0. The number of hydrogen-bond acceptors (Lipinski definition) is 5. The van der Waals surface area contributed by atoms with Crippen molar-refractivity contribution in [2.75, 3.05) is 0 Å². The molecule has 0 amide bonds. The van der Waals surface area contributed by atoms with Crippen LogP contribution in [0.25, 0.3) is 67.2 Å². The molecule has 1 spiro atoms. The smallest absolute Gasteiger partial charge is 0.164 e. The molecule has 0 N–H and O–H groups in total. The first kappa shape index (κ1) is 31.8. The Morgan fingerprint density at radius 2 is 0.982 bits per heavy atom. The molecule has 2 heterocycles. The van der Waals surface area contributed by atoms with E-state index in [1.807, 2.05) is 84.9 Å². The van der Waals surface area contributed by atoms with Crippen LogP contribution >= 0.6 is 0 Å². The van der Waals surface area contributed by atoms with E-state index in [1.165, 1.54) is 33.0 Å². The third-order valence-electron chi connectivity index (χ3n) is 11.2. The molecule has 0 fully saturated rings. The van der Waals surface area contributed by atoms with Gasteiger partial charge in [-0.05, 0) is 86.6 Å². The van der Waals surface area contributed by atoms with Crippen molar-refractivity contribution in [2.24, 2.45) is 0 Å². The molecule has 11 rings (SSSR count). The fourth-order valence-corrected chi connectivity index (χ4v) is 8.71. The van der Waals surface area contributed by atoms with Gasteiger partial charge in [-0.3, -0.25) is 0 Å². The van der Waals surface area contributed by atoms with Crippen LogP contribution in [0.4, 0.5) is 0 Å². The van der Waals surface area contributed by atoms with Crippen molar-refractivity contribution in [3.05, 3.63) is 210 Å². The highest BCUT2D eigenvalue weighted by Crippen LogP contribution is 2.63. The summed E-state index contributed by atoms with van der Waals surface area (Å²) in [5, 5.41) is 11.9. The number of rotatable bonds is 4. The van der Waals surface area contributed by atoms with E-state index in [1.54, 1.807) is 0 Å². The Morgan fingerprint density at radius 1 is 0.429 bits per heavy atom. The van der Waals surface area contributed by atoms with Crippen LogP contribution in [0, 0.1) is 11.3 Å². The Bertz CT molecular complexity index is 3000. The standard InChI is InChI=1S/C51H30N4O/c52-31-32-19-21-33(22-20-32)37-24-27-45-43(29-37)51(41-18-10-9-17-40(41)47-39-16-8-7-11-34(39)23-26-42(47)51)44-30-38(25-28-46(44)56-45)50-54-48(35-12-3-1-4-13-35)53-49(55-50)36-14-5-2-6-15-36/h1-30H. The zero-order chi connectivity index (χ0) is 37.2. The summed E-state index contributed by atoms with van der Waals surface area (Å²) in [5.41, 5.74) is 11.5. The summed E-state index contributed by atoms with van der Waals surface area (Å²) in [6.07, 6.45) is 0. The number of aromatic nitrogens is 3. The van der Waals surface area contributed by atoms with Gasteiger partial charge < -0.3 is 4.74 Å². The maximum Gasteiger partial charge on any atom is 0.164 e. The lowest BCUT2D eigenvalue weighted by Crippen LogP contribution is -2.32. The van der Waals surface area contributed by atoms with Crippen molar-refractivity contribution < 1.29 is 4.74 Å². The molecule has 1 atom stereocenters. The Labute approximate surface area is 323 Å². The Hall–Kier alpha value is -7.68. The normalized spacial score (nSPS) is 14.6. The average molecular weight is 715 g/mol. The molecule has 0 radical (unpaired) electrons. The van der Waals surface area contributed by atoms with Crippen LogP contribution in [0.3, 0.4) is 0 Å². The molecule has 0 saturated heterocycles. The fourth-order valence-electron chi connectivity index (χ4n) is 8.71. The molecule has 2 aliphatic rings. The molecule has 8 aromatic carbocycles. The molecule has 9 aromatic rings. The van der Waals surface area contributed by atoms with E-state index < -0.39 is 5.41 Å². The van der Waals surface area contributed by atoms with Crippen LogP contribution < -0.4 is 4.74 Å². The van der Waals surface area contributed by atoms with Crippen molar-refractivity contribution in [1.82, 2.24) is 15.0 Å². The number of ether oxygens (including phenoxy) is 1. The second-order valence-corrected chi connectivity index (χ2v) is 14.3. The molecule has 0 saturated carbocycles. The summed E-state index contributed by atoms with van der Waals surface area (Å²) in [6, 6.07) is 65.0. The molecule has 5 heteroatoms. The van der Waals surface area contributed by atoms with Crippen molar-refractivity contribution >= 4 is 10.8 Å². The van der Waals surface area contributed by atoms with E-state index in [9.17, 15) is 5.26 Å². The summed E-state index contributed by atoms with van der Waals surface area (Å²) in [6.45, 7) is 0. The second-order valence-electron chi connectivity index (χ2n) is 14.3. The highest BCUT2D eigenvalue weighted by Gasteiger charge is 2.51. The van der Waals surface area contributed by atoms with Gasteiger partial charge in [0.2, 0.25) is 0 Å². The fraction of sp³-hybridized carbons (Fsp3) is 0.0196. The third kappa shape index (κ3) is 4.76. The predicted octanol–water partition coefficient (Wildman–Crippen LogP) is 12.0. The van der Waals surface area contributed by atoms with Gasteiger partial charge >= 0.3 is 0 Å². The third-order valence-corrected chi connectivity index (χ3v) is 11.2. The molecule has 0 bridgehead atoms. The highest BCUT2D eigenvalue weighted by molar-refractivity contribution is 6.04. The average Bonchev–Trinajstić information content (AvgIpc) is 3.58. The van der Waals surface area contributed by atoms with Gasteiger partial charge in [-0.1, -0.05) is 140 Å². The Kier molecular flexibility index (Phi) is 7.07. The molecular formula is C51H30N4O. The van der Waals surface area contributed by atoms with Gasteiger partial charge in [-0.2, -0.15) is 5.26 Å². The number of nitriles is 1. The van der Waals surface area contributed by atoms with Crippen molar-refractivity contribution in [1.29, 1.82) is 5.26 Å². The SMILES string of the molecule is N#Cc1ccc(-c2ccc3c(c2)C2(c4cc(-c5nc(-c6ccccc6)nc(-c6ccccc6)n5)ccc4O3)c3ccccc3-c3c2ccc2ccccc32)cc1. The van der Waals surface area contributed by atoms with Crippen LogP contribution in [-0.2, 0) is 5.41 Å². The quantitative estimate of drug-likeness (QED) is 0.181. The summed E-state index contributed by atoms with van der Waals surface area (Å²) in [4.78, 5) is 15.2. The molecule has 5 nitrogen and oxygen atoms in total. The highest BCUT2D eigenvalue weighted by atomic mass is 16.5. The van der Waals surface area contributed by atoms with Gasteiger partial charge in [-0.25, -0.2) is 15.0 Å². The lowest BCUT2D eigenvalue weighted by Gasteiger charge is -2.40. The van der Waals surface area contributed by atoms with Crippen LogP contribution in [0.5, 0.6) is 11.5 Å². The molecule has 1 aliphatic heterocycles. The summed E-state index contributed by atoms with van der Waals surface area (Å²) in [7, 11) is 0. The van der Waals surface area contributed by atoms with Crippen LogP contribution in [0.1, 0.15) is 27.8 Å². The largest absolute Gasteiger partial charge is 0.457 e. The van der Waals surface area contributed by atoms with Crippen LogP contribution in [-0.4, -0.2) is 15.0 Å². The zero-order valence-corrected chi connectivity index (χ0v) is 30.0. The van der Waals surface area contributed by atoms with E-state index >= 15 is 0 Å². The van der Waals surface area contributed by atoms with Crippen molar-refractivity contribution in [3.63, 3.8) is 0 Å². The van der Waals surface area contributed by atoms with Crippen molar-refractivity contribution in [3.8, 4) is 74.0 Å². The summed E-state index contributed by atoms with van der Waals surface area (Å²) in [5.74, 6) is 3.38. The van der Waals surface area contributed by atoms with E-state index in [4.69, 9.17) is 19.7 Å². The van der Waals surface area contributed by atoms with Gasteiger partial charge in [0.1, 0.15) is 11.5 Å². The van der Waals surface area contributed by atoms with Crippen LogP contribution in [0.15, 0.2) is 182 Å². The minimum atomic E-state index is -0.741. The number of benzene rings is 8. The van der Waals surface area contributed by atoms with Gasteiger partial charge in [0.05, 0.1) is 17.0 Å². The topological polar surface area (TPSA) is 71.7 Å². The lowest BCUT2D eigenvalue weighted by atomic mass is 9.65. The lowest BCUT2D eigenvalue weighted by molar-refractivity contribution is 0.436. The van der Waals surface area contributed by atoms with Gasteiger partial charge in [0.15, 0.2) is 17.5 Å². The first-order chi connectivity index (χ1) is 27.7. The molecule has 1 aliphatic carbocycles. The van der Waals surface area contributed by atoms with E-state index in [0.29, 0.717) is 23.0 Å². The second kappa shape index (κ2) is 12.4. The van der Waals surface area contributed by atoms with Crippen LogP contribution in [0.2, 0.25) is 0 Å². The van der Waals surface area contributed by atoms with E-state index in [2.05, 4.69) is 103 Å². The first-order valence-electron chi connectivity index (χ1n) is 18.7. The number of hydrogen-bond donors (Lipinski definition) is 0. The Morgan fingerprint density at radius 3 is 1.66 bits per heavy atom. The summed E-state index contributed by atoms with van der Waals surface area (Å²) < 4.78 is 6.89. The monoisotopic (exact) mass is 714 g/mol. The zero-order valence-electron chi connectivity index (χ0n) is 30.0. The maximum atomic E-state index is 9.52. The first-order valence-corrected chi connectivity index (χ1v) is 18.7. The number of fused-ring (bicyclic) bond motifs is 11. The minimum absolute atomic E-state index is 0.581. The molecular weight excluding hydrogens is 685 g/mol. The minimum Gasteiger partial charge on any atom is -0.457 e. The number of nitrogens with zero attached hydrogens (tertiary/aromatic N) is 4. The molecule has 56 heavy (non-hydrogen) atoms. The van der Waals surface area contributed by atoms with E-state index in [-0.39, 0.29) is 0 Å². The van der Waals surface area contributed by atoms with E-state index in [0.717, 1.165) is 50.4 Å². The van der Waals surface area contributed by atoms with Gasteiger partial charge in [-0.15, -0.1) is 0 Å². The van der Waals surface area contributed by atoms with Gasteiger partial charge in [0, 0.05) is 27.8 Å². The molecule has 1 aromatic heterocycles.